The molecule has 0 spiro atoms. The summed E-state index contributed by atoms with van der Waals surface area (Å²) in [6.07, 6.45) is -6.64. The maximum absolute atomic E-state index is 10.7. The number of nitrogens with two attached hydrogens (primary N) is 5. The molecule has 2 heterocycles. The van der Waals surface area contributed by atoms with Crippen molar-refractivity contribution in [2.24, 2.45) is 28.7 Å². The highest BCUT2D eigenvalue weighted by atomic mass is 16.7. The number of ether oxygens (including phenoxy) is 3. The highest BCUT2D eigenvalue weighted by Gasteiger charge is 2.48. The van der Waals surface area contributed by atoms with Gasteiger partial charge in [0.15, 0.2) is 6.29 Å². The van der Waals surface area contributed by atoms with Crippen LogP contribution in [-0.2, 0) is 14.2 Å². The molecule has 0 aromatic carbocycles. The monoisotopic (exact) mass is 477 g/mol. The van der Waals surface area contributed by atoms with E-state index in [0.29, 0.717) is 26.1 Å². The molecule has 1 saturated carbocycles. The average molecular weight is 478 g/mol. The first kappa shape index (κ1) is 27.1. The summed E-state index contributed by atoms with van der Waals surface area (Å²) >= 11 is 0. The molecule has 3 fully saturated rings. The molecule has 13 heteroatoms. The molecule has 0 radical (unpaired) electrons. The molecule has 0 aromatic heterocycles. The van der Waals surface area contributed by atoms with Crippen molar-refractivity contribution in [3.05, 3.63) is 0 Å². The zero-order valence-corrected chi connectivity index (χ0v) is 19.2. The number of hydrogen-bond acceptors (Lipinski definition) is 13. The second-order valence-corrected chi connectivity index (χ2v) is 9.30. The standard InChI is InChI=1S/C20H43N7O6/c21-1-2-26-3-5-27(6-4-26)7-8-31-19-15(28)11(23)9-12(24)18(19)33-20-14(25)17(30)16(29)13(10-22)32-20/h11-20,28-30H,1-10,21-25H2/t11-,12+,13-,14-,15+,16-,17-,18-,19-,20-/m1/s1. The van der Waals surface area contributed by atoms with Crippen molar-refractivity contribution in [2.75, 3.05) is 59.0 Å². The minimum absolute atomic E-state index is 0.0203. The van der Waals surface area contributed by atoms with E-state index in [-0.39, 0.29) is 6.54 Å². The summed E-state index contributed by atoms with van der Waals surface area (Å²) in [6.45, 7) is 6.33. The summed E-state index contributed by atoms with van der Waals surface area (Å²) in [6, 6.07) is -2.12. The van der Waals surface area contributed by atoms with Crippen molar-refractivity contribution in [1.82, 2.24) is 9.80 Å². The lowest BCUT2D eigenvalue weighted by atomic mass is 9.84. The van der Waals surface area contributed by atoms with E-state index in [1.807, 2.05) is 0 Å². The molecule has 3 rings (SSSR count). The molecule has 3 aliphatic rings. The van der Waals surface area contributed by atoms with Crippen molar-refractivity contribution in [2.45, 2.75) is 67.5 Å². The van der Waals surface area contributed by atoms with Gasteiger partial charge in [0, 0.05) is 64.4 Å². The maximum atomic E-state index is 10.7. The van der Waals surface area contributed by atoms with Crippen LogP contribution in [0.25, 0.3) is 0 Å². The van der Waals surface area contributed by atoms with Crippen molar-refractivity contribution in [3.63, 3.8) is 0 Å². The van der Waals surface area contributed by atoms with Crippen LogP contribution < -0.4 is 28.7 Å². The lowest BCUT2D eigenvalue weighted by Crippen LogP contribution is -2.67. The van der Waals surface area contributed by atoms with Crippen LogP contribution in [0.3, 0.4) is 0 Å². The molecule has 2 aliphatic heterocycles. The van der Waals surface area contributed by atoms with Crippen molar-refractivity contribution in [3.8, 4) is 0 Å². The summed E-state index contributed by atoms with van der Waals surface area (Å²) in [5.74, 6) is 0. The number of piperazine rings is 1. The molecule has 0 unspecified atom stereocenters. The average Bonchev–Trinajstić information content (AvgIpc) is 2.80. The van der Waals surface area contributed by atoms with Crippen molar-refractivity contribution < 1.29 is 29.5 Å². The molecule has 0 amide bonds. The zero-order valence-electron chi connectivity index (χ0n) is 19.2. The van der Waals surface area contributed by atoms with Gasteiger partial charge in [-0.15, -0.1) is 0 Å². The highest BCUT2D eigenvalue weighted by molar-refractivity contribution is 5.00. The molecular formula is C20H43N7O6. The zero-order chi connectivity index (χ0) is 24.1. The Morgan fingerprint density at radius 1 is 0.818 bits per heavy atom. The number of rotatable bonds is 9. The van der Waals surface area contributed by atoms with Gasteiger partial charge >= 0.3 is 0 Å². The molecule has 0 aromatic rings. The summed E-state index contributed by atoms with van der Waals surface area (Å²) in [4.78, 5) is 4.62. The minimum Gasteiger partial charge on any atom is -0.389 e. The SMILES string of the molecule is NCCN1CCN(CCO[C@@H]2[C@@H](O)[C@H](N)C[C@H](N)[C@H]2O[C@H]2O[C@H](CN)[C@@H](O)[C@H](O)[C@H]2N)CC1. The maximum Gasteiger partial charge on any atom is 0.176 e. The summed E-state index contributed by atoms with van der Waals surface area (Å²) in [5.41, 5.74) is 29.7. The van der Waals surface area contributed by atoms with Gasteiger partial charge in [-0.2, -0.15) is 0 Å². The van der Waals surface area contributed by atoms with Crippen LogP contribution in [0.2, 0.25) is 0 Å². The van der Waals surface area contributed by atoms with Gasteiger partial charge in [-0.25, -0.2) is 0 Å². The number of nitrogens with zero attached hydrogens (tertiary/aromatic N) is 2. The molecule has 10 atom stereocenters. The molecular weight excluding hydrogens is 434 g/mol. The van der Waals surface area contributed by atoms with Crippen LogP contribution in [0.15, 0.2) is 0 Å². The van der Waals surface area contributed by atoms with Gasteiger partial charge in [0.2, 0.25) is 0 Å². The lowest BCUT2D eigenvalue weighted by molar-refractivity contribution is -0.291. The van der Waals surface area contributed by atoms with E-state index in [2.05, 4.69) is 9.80 Å². The molecule has 194 valence electrons. The third kappa shape index (κ3) is 6.58. The molecule has 1 aliphatic carbocycles. The third-order valence-corrected chi connectivity index (χ3v) is 6.97. The number of aliphatic hydroxyl groups excluding tert-OH is 3. The Balaban J connectivity index is 1.58. The summed E-state index contributed by atoms with van der Waals surface area (Å²) in [5, 5.41) is 31.1. The predicted molar refractivity (Wildman–Crippen MR) is 121 cm³/mol. The lowest BCUT2D eigenvalue weighted by Gasteiger charge is -2.47. The molecule has 2 saturated heterocycles. The normalized spacial score (nSPS) is 43.6. The van der Waals surface area contributed by atoms with Gasteiger partial charge in [0.05, 0.1) is 18.8 Å². The van der Waals surface area contributed by atoms with E-state index in [1.165, 1.54) is 0 Å². The Kier molecular flexibility index (Phi) is 10.2. The van der Waals surface area contributed by atoms with E-state index in [1.54, 1.807) is 0 Å². The molecule has 13 N–H and O–H groups in total. The van der Waals surface area contributed by atoms with Gasteiger partial charge in [0.1, 0.15) is 30.5 Å². The van der Waals surface area contributed by atoms with Crippen LogP contribution in [-0.4, -0.2) is 145 Å². The fraction of sp³-hybridized carbons (Fsp3) is 1.00. The van der Waals surface area contributed by atoms with Gasteiger partial charge in [0.25, 0.3) is 0 Å². The first-order valence-corrected chi connectivity index (χ1v) is 11.8. The van der Waals surface area contributed by atoms with Crippen LogP contribution in [0.1, 0.15) is 6.42 Å². The van der Waals surface area contributed by atoms with Gasteiger partial charge in [-0.3, -0.25) is 9.80 Å². The number of hydrogen-bond donors (Lipinski definition) is 8. The quantitative estimate of drug-likeness (QED) is 0.155. The Morgan fingerprint density at radius 2 is 1.45 bits per heavy atom. The Labute approximate surface area is 195 Å². The summed E-state index contributed by atoms with van der Waals surface area (Å²) in [7, 11) is 0. The Morgan fingerprint density at radius 3 is 2.06 bits per heavy atom. The van der Waals surface area contributed by atoms with Gasteiger partial charge in [-0.1, -0.05) is 0 Å². The van der Waals surface area contributed by atoms with E-state index >= 15 is 0 Å². The Hall–Kier alpha value is -0.520. The molecule has 33 heavy (non-hydrogen) atoms. The van der Waals surface area contributed by atoms with E-state index in [4.69, 9.17) is 42.9 Å². The van der Waals surface area contributed by atoms with Gasteiger partial charge in [-0.05, 0) is 6.42 Å². The molecule has 0 bridgehead atoms. The van der Waals surface area contributed by atoms with E-state index in [9.17, 15) is 15.3 Å². The van der Waals surface area contributed by atoms with E-state index < -0.39 is 61.0 Å². The van der Waals surface area contributed by atoms with Crippen LogP contribution in [0, 0.1) is 0 Å². The second kappa shape index (κ2) is 12.4. The van der Waals surface area contributed by atoms with Crippen molar-refractivity contribution >= 4 is 0 Å². The minimum atomic E-state index is -1.28. The topological polar surface area (TPSA) is 225 Å². The first-order chi connectivity index (χ1) is 15.8. The summed E-state index contributed by atoms with van der Waals surface area (Å²) < 4.78 is 17.8. The van der Waals surface area contributed by atoms with E-state index in [0.717, 1.165) is 32.7 Å². The highest BCUT2D eigenvalue weighted by Crippen LogP contribution is 2.28. The largest absolute Gasteiger partial charge is 0.389 e. The first-order valence-electron chi connectivity index (χ1n) is 11.8. The van der Waals surface area contributed by atoms with Crippen molar-refractivity contribution in [1.29, 1.82) is 0 Å². The number of aliphatic hydroxyl groups is 3. The van der Waals surface area contributed by atoms with Crippen LogP contribution in [0.5, 0.6) is 0 Å². The van der Waals surface area contributed by atoms with Crippen LogP contribution >= 0.6 is 0 Å². The smallest absolute Gasteiger partial charge is 0.176 e. The fourth-order valence-electron chi connectivity index (χ4n) is 4.80. The fourth-order valence-corrected chi connectivity index (χ4v) is 4.80. The third-order valence-electron chi connectivity index (χ3n) is 6.97. The van der Waals surface area contributed by atoms with Crippen LogP contribution in [0.4, 0.5) is 0 Å². The van der Waals surface area contributed by atoms with Gasteiger partial charge < -0.3 is 58.2 Å². The Bertz CT molecular complexity index is 585. The predicted octanol–water partition coefficient (Wildman–Crippen LogP) is -5.52. The second-order valence-electron chi connectivity index (χ2n) is 9.30. The molecule has 13 nitrogen and oxygen atoms in total.